The van der Waals surface area contributed by atoms with E-state index in [0.717, 1.165) is 22.9 Å². The van der Waals surface area contributed by atoms with Gasteiger partial charge < -0.3 is 4.74 Å². The standard InChI is InChI=1S/C19H17FO/c1-3-13-7-9-14(10-8-13)17-11-15-5-4-6-18(20)16(15)12-19(17)21-2/h4-12H,3H2,1-2H3. The predicted octanol–water partition coefficient (Wildman–Crippen LogP) is 5.22. The molecule has 0 unspecified atom stereocenters. The van der Waals surface area contributed by atoms with Crippen LogP contribution in [0.2, 0.25) is 0 Å². The van der Waals surface area contributed by atoms with Crippen LogP contribution in [0.15, 0.2) is 54.6 Å². The molecule has 0 aromatic heterocycles. The first kappa shape index (κ1) is 13.6. The van der Waals surface area contributed by atoms with Crippen LogP contribution in [0.3, 0.4) is 0 Å². The maximum atomic E-state index is 13.9. The van der Waals surface area contributed by atoms with Crippen molar-refractivity contribution in [3.05, 3.63) is 66.0 Å². The van der Waals surface area contributed by atoms with Gasteiger partial charge in [0.05, 0.1) is 7.11 Å². The van der Waals surface area contributed by atoms with Crippen molar-refractivity contribution in [3.63, 3.8) is 0 Å². The first-order valence-electron chi connectivity index (χ1n) is 7.08. The number of aryl methyl sites for hydroxylation is 1. The molecule has 106 valence electrons. The van der Waals surface area contributed by atoms with Gasteiger partial charge in [-0.05, 0) is 41.1 Å². The normalized spacial score (nSPS) is 10.8. The van der Waals surface area contributed by atoms with Crippen molar-refractivity contribution < 1.29 is 9.13 Å². The Hall–Kier alpha value is -2.35. The first-order chi connectivity index (χ1) is 10.2. The second-order valence-corrected chi connectivity index (χ2v) is 5.06. The molecular weight excluding hydrogens is 263 g/mol. The number of hydrogen-bond acceptors (Lipinski definition) is 1. The highest BCUT2D eigenvalue weighted by Crippen LogP contribution is 2.35. The fourth-order valence-corrected chi connectivity index (χ4v) is 2.58. The highest BCUT2D eigenvalue weighted by Gasteiger charge is 2.10. The van der Waals surface area contributed by atoms with Crippen LogP contribution in [-0.2, 0) is 6.42 Å². The summed E-state index contributed by atoms with van der Waals surface area (Å²) in [6.45, 7) is 2.13. The summed E-state index contributed by atoms with van der Waals surface area (Å²) in [6, 6.07) is 17.3. The summed E-state index contributed by atoms with van der Waals surface area (Å²) in [7, 11) is 1.62. The third-order valence-electron chi connectivity index (χ3n) is 3.82. The average Bonchev–Trinajstić information content (AvgIpc) is 2.54. The van der Waals surface area contributed by atoms with Crippen molar-refractivity contribution in [3.8, 4) is 16.9 Å². The lowest BCUT2D eigenvalue weighted by molar-refractivity contribution is 0.417. The van der Waals surface area contributed by atoms with Crippen LogP contribution >= 0.6 is 0 Å². The highest BCUT2D eigenvalue weighted by atomic mass is 19.1. The van der Waals surface area contributed by atoms with E-state index >= 15 is 0 Å². The molecule has 0 fully saturated rings. The smallest absolute Gasteiger partial charge is 0.131 e. The molecule has 0 radical (unpaired) electrons. The van der Waals surface area contributed by atoms with Crippen molar-refractivity contribution in [2.24, 2.45) is 0 Å². The van der Waals surface area contributed by atoms with Gasteiger partial charge in [0, 0.05) is 10.9 Å². The second-order valence-electron chi connectivity index (χ2n) is 5.06. The Kier molecular flexibility index (Phi) is 3.61. The number of hydrogen-bond donors (Lipinski definition) is 0. The van der Waals surface area contributed by atoms with Gasteiger partial charge in [0.2, 0.25) is 0 Å². The van der Waals surface area contributed by atoms with Crippen LogP contribution in [0.25, 0.3) is 21.9 Å². The Morgan fingerprint density at radius 1 is 1.00 bits per heavy atom. The summed E-state index contributed by atoms with van der Waals surface area (Å²) < 4.78 is 19.3. The van der Waals surface area contributed by atoms with Gasteiger partial charge in [0.25, 0.3) is 0 Å². The van der Waals surface area contributed by atoms with Gasteiger partial charge in [-0.15, -0.1) is 0 Å². The molecule has 0 saturated carbocycles. The van der Waals surface area contributed by atoms with Crippen LogP contribution in [0, 0.1) is 5.82 Å². The van der Waals surface area contributed by atoms with E-state index in [2.05, 4.69) is 31.2 Å². The molecule has 3 aromatic rings. The minimum atomic E-state index is -0.223. The zero-order valence-corrected chi connectivity index (χ0v) is 12.2. The van der Waals surface area contributed by atoms with Gasteiger partial charge in [0.15, 0.2) is 0 Å². The monoisotopic (exact) mass is 280 g/mol. The molecule has 1 nitrogen and oxygen atoms in total. The molecule has 2 heteroatoms. The van der Waals surface area contributed by atoms with E-state index in [4.69, 9.17) is 4.74 Å². The van der Waals surface area contributed by atoms with Crippen LogP contribution in [-0.4, -0.2) is 7.11 Å². The molecular formula is C19H17FO. The predicted molar refractivity (Wildman–Crippen MR) is 85.3 cm³/mol. The summed E-state index contributed by atoms with van der Waals surface area (Å²) in [4.78, 5) is 0. The van der Waals surface area contributed by atoms with E-state index in [9.17, 15) is 4.39 Å². The zero-order valence-electron chi connectivity index (χ0n) is 12.2. The number of benzene rings is 3. The van der Waals surface area contributed by atoms with Crippen LogP contribution in [0.4, 0.5) is 4.39 Å². The maximum Gasteiger partial charge on any atom is 0.131 e. The SMILES string of the molecule is CCc1ccc(-c2cc3cccc(F)c3cc2OC)cc1. The number of ether oxygens (including phenoxy) is 1. The van der Waals surface area contributed by atoms with E-state index in [1.54, 1.807) is 19.2 Å². The molecule has 21 heavy (non-hydrogen) atoms. The zero-order chi connectivity index (χ0) is 14.8. The van der Waals surface area contributed by atoms with Crippen LogP contribution in [0.1, 0.15) is 12.5 Å². The summed E-state index contributed by atoms with van der Waals surface area (Å²) >= 11 is 0. The Morgan fingerprint density at radius 3 is 2.43 bits per heavy atom. The molecule has 0 heterocycles. The summed E-state index contributed by atoms with van der Waals surface area (Å²) in [5.74, 6) is 0.468. The third-order valence-corrected chi connectivity index (χ3v) is 3.82. The molecule has 0 amide bonds. The van der Waals surface area contributed by atoms with E-state index in [-0.39, 0.29) is 5.82 Å². The summed E-state index contributed by atoms with van der Waals surface area (Å²) in [5.41, 5.74) is 3.36. The van der Waals surface area contributed by atoms with Gasteiger partial charge in [-0.25, -0.2) is 4.39 Å². The van der Waals surface area contributed by atoms with Gasteiger partial charge in [-0.1, -0.05) is 43.3 Å². The Labute approximate surface area is 124 Å². The Balaban J connectivity index is 2.20. The fraction of sp³-hybridized carbons (Fsp3) is 0.158. The van der Waals surface area contributed by atoms with Crippen LogP contribution in [0.5, 0.6) is 5.75 Å². The largest absolute Gasteiger partial charge is 0.496 e. The lowest BCUT2D eigenvalue weighted by atomic mass is 9.98. The van der Waals surface area contributed by atoms with E-state index in [1.165, 1.54) is 11.6 Å². The molecule has 0 aliphatic carbocycles. The van der Waals surface area contributed by atoms with Crippen molar-refractivity contribution in [2.45, 2.75) is 13.3 Å². The van der Waals surface area contributed by atoms with Crippen molar-refractivity contribution in [1.82, 2.24) is 0 Å². The fourth-order valence-electron chi connectivity index (χ4n) is 2.58. The topological polar surface area (TPSA) is 9.23 Å². The summed E-state index contributed by atoms with van der Waals surface area (Å²) in [6.07, 6.45) is 1.01. The molecule has 0 spiro atoms. The molecule has 3 rings (SSSR count). The number of methoxy groups -OCH3 is 1. The Morgan fingerprint density at radius 2 is 1.76 bits per heavy atom. The van der Waals surface area contributed by atoms with E-state index < -0.39 is 0 Å². The lowest BCUT2D eigenvalue weighted by Crippen LogP contribution is -1.90. The van der Waals surface area contributed by atoms with Crippen molar-refractivity contribution >= 4 is 10.8 Å². The molecule has 0 N–H and O–H groups in total. The van der Waals surface area contributed by atoms with E-state index in [1.807, 2.05) is 12.1 Å². The quantitative estimate of drug-likeness (QED) is 0.639. The van der Waals surface area contributed by atoms with Crippen molar-refractivity contribution in [2.75, 3.05) is 7.11 Å². The number of rotatable bonds is 3. The molecule has 0 atom stereocenters. The lowest BCUT2D eigenvalue weighted by Gasteiger charge is -2.11. The molecule has 0 bridgehead atoms. The molecule has 0 saturated heterocycles. The molecule has 0 aliphatic rings. The first-order valence-corrected chi connectivity index (χ1v) is 7.08. The van der Waals surface area contributed by atoms with Gasteiger partial charge >= 0.3 is 0 Å². The van der Waals surface area contributed by atoms with Crippen molar-refractivity contribution in [1.29, 1.82) is 0 Å². The average molecular weight is 280 g/mol. The summed E-state index contributed by atoms with van der Waals surface area (Å²) in [5, 5.41) is 1.47. The Bertz CT molecular complexity index is 775. The van der Waals surface area contributed by atoms with E-state index in [0.29, 0.717) is 11.1 Å². The van der Waals surface area contributed by atoms with Gasteiger partial charge in [-0.3, -0.25) is 0 Å². The highest BCUT2D eigenvalue weighted by molar-refractivity contribution is 5.91. The minimum absolute atomic E-state index is 0.223. The van der Waals surface area contributed by atoms with Gasteiger partial charge in [-0.2, -0.15) is 0 Å². The second kappa shape index (κ2) is 5.57. The molecule has 0 aliphatic heterocycles. The number of fused-ring (bicyclic) bond motifs is 1. The molecule has 3 aromatic carbocycles. The number of halogens is 1. The van der Waals surface area contributed by atoms with Crippen LogP contribution < -0.4 is 4.74 Å². The van der Waals surface area contributed by atoms with Gasteiger partial charge in [0.1, 0.15) is 11.6 Å². The third kappa shape index (κ3) is 2.49. The minimum Gasteiger partial charge on any atom is -0.496 e. The maximum absolute atomic E-state index is 13.9.